The molecule has 13 heteroatoms. The van der Waals surface area contributed by atoms with E-state index in [1.807, 2.05) is 78.7 Å². The lowest BCUT2D eigenvalue weighted by Gasteiger charge is -2.27. The highest BCUT2D eigenvalue weighted by molar-refractivity contribution is 14.1. The van der Waals surface area contributed by atoms with Crippen LogP contribution in [0, 0.1) is 0 Å². The summed E-state index contributed by atoms with van der Waals surface area (Å²) in [6.07, 6.45) is 5.90. The maximum atomic E-state index is 11.8. The maximum absolute atomic E-state index is 11.8. The van der Waals surface area contributed by atoms with E-state index >= 15 is 0 Å². The molecule has 0 aliphatic carbocycles. The fourth-order valence-corrected chi connectivity index (χ4v) is 7.17. The van der Waals surface area contributed by atoms with E-state index in [1.165, 1.54) is 12.1 Å². The predicted octanol–water partition coefficient (Wildman–Crippen LogP) is 3.82. The molecule has 232 valence electrons. The number of amides is 1. The second-order valence-corrected chi connectivity index (χ2v) is 15.4. The van der Waals surface area contributed by atoms with Crippen molar-refractivity contribution in [3.8, 4) is 0 Å². The lowest BCUT2D eigenvalue weighted by atomic mass is 9.80. The number of alkyl halides is 1. The number of carbonyl (C=O) groups excluding carboxylic acids is 1. The first-order valence-corrected chi connectivity index (χ1v) is 18.2. The number of benzene rings is 2. The molecule has 2 aliphatic heterocycles. The van der Waals surface area contributed by atoms with Crippen molar-refractivity contribution in [3.63, 3.8) is 0 Å². The normalized spacial score (nSPS) is 18.4. The first-order valence-electron chi connectivity index (χ1n) is 13.7. The average Bonchev–Trinajstić information content (AvgIpc) is 3.24. The molecule has 10 nitrogen and oxygen atoms in total. The van der Waals surface area contributed by atoms with Gasteiger partial charge in [0.05, 0.1) is 24.9 Å². The summed E-state index contributed by atoms with van der Waals surface area (Å²) in [5, 5.41) is 2.91. The van der Waals surface area contributed by atoms with Gasteiger partial charge in [-0.1, -0.05) is 48.6 Å². The smallest absolute Gasteiger partial charge is 0.230 e. The van der Waals surface area contributed by atoms with Gasteiger partial charge < -0.3 is 19.3 Å². The topological polar surface area (TPSA) is 150 Å². The monoisotopic (exact) mass is 740 g/mol. The van der Waals surface area contributed by atoms with Crippen molar-refractivity contribution in [3.05, 3.63) is 77.0 Å². The zero-order chi connectivity index (χ0) is 32.0. The van der Waals surface area contributed by atoms with Crippen molar-refractivity contribution in [2.75, 3.05) is 28.7 Å². The molecule has 0 saturated heterocycles. The van der Waals surface area contributed by atoms with E-state index in [2.05, 4.69) is 29.8 Å². The van der Waals surface area contributed by atoms with Gasteiger partial charge in [-0.05, 0) is 61.7 Å². The predicted molar refractivity (Wildman–Crippen MR) is 172 cm³/mol. The van der Waals surface area contributed by atoms with E-state index in [9.17, 15) is 30.7 Å². The number of hydrogen-bond acceptors (Lipinski definition) is 8. The van der Waals surface area contributed by atoms with Crippen molar-refractivity contribution in [1.29, 1.82) is 0 Å². The SMILES string of the molecule is C[N+]1=C(/C=C/C=C2\N(CCCS(=O)(=O)[O-])c3ccc(S(=O)(=O)[O-])cc3C2(C)C)C(C)(C)c2cc(CNC(=O)CI)ccc21. The number of halogens is 1. The molecule has 2 aromatic carbocycles. The molecule has 1 N–H and O–H groups in total. The van der Waals surface area contributed by atoms with Crippen LogP contribution in [0.5, 0.6) is 0 Å². The molecule has 4 rings (SSSR count). The quantitative estimate of drug-likeness (QED) is 0.167. The minimum absolute atomic E-state index is 0.0211. The molecule has 43 heavy (non-hydrogen) atoms. The number of nitrogens with zero attached hydrogens (tertiary/aromatic N) is 2. The average molecular weight is 741 g/mol. The van der Waals surface area contributed by atoms with Crippen LogP contribution >= 0.6 is 22.6 Å². The standard InChI is InChI=1S/C30H36IN3O7S2/c1-29(2)22-16-20(19-32-28(35)18-31)10-12-24(22)33(5)26(29)8-6-9-27-30(3,4)23-17-21(43(39,40)41)11-13-25(23)34(27)14-7-15-42(36,37)38/h6,8-13,16-17H,7,14-15,18-19H2,1-5H3,(H2-,32,35,36,37,38,39,40,41)/p-1. The highest BCUT2D eigenvalue weighted by Crippen LogP contribution is 2.48. The zero-order valence-corrected chi connectivity index (χ0v) is 28.5. The molecule has 0 unspecified atom stereocenters. The van der Waals surface area contributed by atoms with Crippen LogP contribution in [-0.4, -0.2) is 65.9 Å². The molecule has 2 aromatic rings. The van der Waals surface area contributed by atoms with Crippen LogP contribution in [-0.2, 0) is 42.4 Å². The second-order valence-electron chi connectivity index (χ2n) is 11.8. The first kappa shape index (κ1) is 33.3. The summed E-state index contributed by atoms with van der Waals surface area (Å²) in [6, 6.07) is 10.3. The van der Waals surface area contributed by atoms with Crippen LogP contribution in [0.1, 0.15) is 50.8 Å². The number of anilines is 1. The van der Waals surface area contributed by atoms with Crippen molar-refractivity contribution < 1.29 is 35.3 Å². The third kappa shape index (κ3) is 6.90. The molecule has 0 radical (unpaired) electrons. The third-order valence-electron chi connectivity index (χ3n) is 8.14. The summed E-state index contributed by atoms with van der Waals surface area (Å²) < 4.78 is 71.7. The van der Waals surface area contributed by atoms with E-state index in [-0.39, 0.29) is 29.2 Å². The zero-order valence-electron chi connectivity index (χ0n) is 24.7. The van der Waals surface area contributed by atoms with Crippen molar-refractivity contribution >= 4 is 65.8 Å². The minimum Gasteiger partial charge on any atom is -0.748 e. The van der Waals surface area contributed by atoms with E-state index in [0.29, 0.717) is 22.2 Å². The molecule has 1 amide bonds. The fraction of sp³-hybridized carbons (Fsp3) is 0.400. The van der Waals surface area contributed by atoms with Crippen molar-refractivity contribution in [1.82, 2.24) is 5.32 Å². The van der Waals surface area contributed by atoms with Gasteiger partial charge in [-0.25, -0.2) is 16.8 Å². The molecule has 2 aliphatic rings. The molecule has 0 aromatic heterocycles. The number of hydrogen-bond donors (Lipinski definition) is 1. The Bertz CT molecular complexity index is 1780. The molecule has 0 saturated carbocycles. The Labute approximate surface area is 267 Å². The van der Waals surface area contributed by atoms with Gasteiger partial charge in [-0.3, -0.25) is 4.79 Å². The van der Waals surface area contributed by atoms with Crippen LogP contribution in [0.25, 0.3) is 0 Å². The fourth-order valence-electron chi connectivity index (χ4n) is 5.92. The summed E-state index contributed by atoms with van der Waals surface area (Å²) in [4.78, 5) is 13.3. The van der Waals surface area contributed by atoms with Gasteiger partial charge in [0, 0.05) is 53.3 Å². The molecular formula is C30H35IN3O7S2-. The van der Waals surface area contributed by atoms with Gasteiger partial charge in [0.25, 0.3) is 0 Å². The van der Waals surface area contributed by atoms with Crippen LogP contribution in [0.3, 0.4) is 0 Å². The molecule has 0 bridgehead atoms. The van der Waals surface area contributed by atoms with E-state index in [4.69, 9.17) is 0 Å². The number of carbonyl (C=O) groups is 1. The molecule has 0 fully saturated rings. The largest absolute Gasteiger partial charge is 0.748 e. The van der Waals surface area contributed by atoms with Gasteiger partial charge in [-0.2, -0.15) is 4.58 Å². The molecule has 0 atom stereocenters. The highest BCUT2D eigenvalue weighted by Gasteiger charge is 2.43. The third-order valence-corrected chi connectivity index (χ3v) is 10.5. The lowest BCUT2D eigenvalue weighted by Crippen LogP contribution is -2.28. The number of fused-ring (bicyclic) bond motifs is 2. The second kappa shape index (κ2) is 12.1. The molecule has 2 heterocycles. The van der Waals surface area contributed by atoms with Gasteiger partial charge in [0.15, 0.2) is 5.71 Å². The Morgan fingerprint density at radius 1 is 1.02 bits per heavy atom. The van der Waals surface area contributed by atoms with Crippen LogP contribution in [0.4, 0.5) is 11.4 Å². The van der Waals surface area contributed by atoms with Crippen LogP contribution in [0.15, 0.2) is 65.2 Å². The first-order chi connectivity index (χ1) is 19.9. The minimum atomic E-state index is -4.68. The Kier molecular flexibility index (Phi) is 9.35. The van der Waals surface area contributed by atoms with E-state index in [1.54, 1.807) is 6.07 Å². The number of nitrogens with one attached hydrogen (secondary N) is 1. The lowest BCUT2D eigenvalue weighted by molar-refractivity contribution is -0.401. The van der Waals surface area contributed by atoms with Gasteiger partial charge in [-0.15, -0.1) is 0 Å². The van der Waals surface area contributed by atoms with Crippen LogP contribution in [0.2, 0.25) is 0 Å². The van der Waals surface area contributed by atoms with Gasteiger partial charge in [0.1, 0.15) is 17.2 Å². The van der Waals surface area contributed by atoms with Crippen molar-refractivity contribution in [2.45, 2.75) is 56.4 Å². The van der Waals surface area contributed by atoms with E-state index < -0.39 is 31.4 Å². The molecular weight excluding hydrogens is 705 g/mol. The van der Waals surface area contributed by atoms with E-state index in [0.717, 1.165) is 28.2 Å². The highest BCUT2D eigenvalue weighted by atomic mass is 127. The van der Waals surface area contributed by atoms with Gasteiger partial charge in [0.2, 0.25) is 11.6 Å². The summed E-state index contributed by atoms with van der Waals surface area (Å²) in [7, 11) is -7.10. The Balaban J connectivity index is 1.69. The summed E-state index contributed by atoms with van der Waals surface area (Å²) in [5.41, 5.74) is 5.19. The Morgan fingerprint density at radius 2 is 1.72 bits per heavy atom. The maximum Gasteiger partial charge on any atom is 0.230 e. The number of rotatable bonds is 10. The van der Waals surface area contributed by atoms with Gasteiger partial charge >= 0.3 is 0 Å². The molecule has 0 spiro atoms. The Morgan fingerprint density at radius 3 is 2.35 bits per heavy atom. The van der Waals surface area contributed by atoms with Crippen molar-refractivity contribution in [2.24, 2.45) is 0 Å². The Hall–Kier alpha value is -2.59. The summed E-state index contributed by atoms with van der Waals surface area (Å²) in [5.74, 6) is -0.554. The summed E-state index contributed by atoms with van der Waals surface area (Å²) in [6.45, 7) is 8.73. The summed E-state index contributed by atoms with van der Waals surface area (Å²) >= 11 is 2.03. The van der Waals surface area contributed by atoms with Crippen LogP contribution < -0.4 is 10.2 Å². The number of allylic oxidation sites excluding steroid dienone is 4.